The van der Waals surface area contributed by atoms with Crippen LogP contribution in [0.2, 0.25) is 0 Å². The fraction of sp³-hybridized carbons (Fsp3) is 0.333. The molecule has 0 fully saturated rings. The Morgan fingerprint density at radius 1 is 1.14 bits per heavy atom. The first-order valence-corrected chi connectivity index (χ1v) is 8.00. The van der Waals surface area contributed by atoms with Crippen molar-refractivity contribution in [3.63, 3.8) is 0 Å². The molecule has 0 N–H and O–H groups in total. The Bertz CT molecular complexity index is 664. The summed E-state index contributed by atoms with van der Waals surface area (Å²) in [5.74, 6) is 1.89. The molecule has 1 heterocycles. The molecule has 2 aromatic carbocycles. The van der Waals surface area contributed by atoms with Gasteiger partial charge in [-0.05, 0) is 48.7 Å². The number of hydrogen-bond donors (Lipinski definition) is 0. The zero-order valence-electron chi connectivity index (χ0n) is 12.5. The van der Waals surface area contributed by atoms with Crippen molar-refractivity contribution in [1.82, 2.24) is 0 Å². The van der Waals surface area contributed by atoms with Gasteiger partial charge >= 0.3 is 0 Å². The number of alkyl halides is 1. The van der Waals surface area contributed by atoms with Crippen LogP contribution in [0.4, 0.5) is 0 Å². The lowest BCUT2D eigenvalue weighted by Crippen LogP contribution is -2.24. The van der Waals surface area contributed by atoms with Crippen molar-refractivity contribution in [2.75, 3.05) is 7.11 Å². The maximum Gasteiger partial charge on any atom is 0.123 e. The van der Waals surface area contributed by atoms with E-state index in [-0.39, 0.29) is 10.4 Å². The Hall–Kier alpha value is -1.48. The molecular formula is C18H19BrO2. The van der Waals surface area contributed by atoms with Gasteiger partial charge in [-0.25, -0.2) is 0 Å². The third kappa shape index (κ3) is 2.93. The standard InChI is InChI=1S/C18H19BrO2/c1-18(2)11-14-9-13(7-8-16(14)21-18)17(19)12-5-4-6-15(10-12)20-3/h4-10,17H,11H2,1-3H3. The highest BCUT2D eigenvalue weighted by molar-refractivity contribution is 9.09. The highest BCUT2D eigenvalue weighted by Crippen LogP contribution is 2.39. The van der Waals surface area contributed by atoms with E-state index in [2.05, 4.69) is 60.1 Å². The first-order chi connectivity index (χ1) is 9.98. The molecule has 2 nitrogen and oxygen atoms in total. The average molecular weight is 347 g/mol. The minimum Gasteiger partial charge on any atom is -0.497 e. The van der Waals surface area contributed by atoms with Crippen molar-refractivity contribution < 1.29 is 9.47 Å². The molecular weight excluding hydrogens is 328 g/mol. The van der Waals surface area contributed by atoms with Crippen molar-refractivity contribution in [3.05, 3.63) is 59.2 Å². The number of methoxy groups -OCH3 is 1. The number of fused-ring (bicyclic) bond motifs is 1. The molecule has 0 saturated heterocycles. The molecule has 3 rings (SSSR count). The Kier molecular flexibility index (Phi) is 3.70. The quantitative estimate of drug-likeness (QED) is 0.736. The number of benzene rings is 2. The predicted molar refractivity (Wildman–Crippen MR) is 88.6 cm³/mol. The molecule has 0 saturated carbocycles. The number of hydrogen-bond acceptors (Lipinski definition) is 2. The van der Waals surface area contributed by atoms with E-state index >= 15 is 0 Å². The molecule has 0 aliphatic carbocycles. The van der Waals surface area contributed by atoms with E-state index in [4.69, 9.17) is 9.47 Å². The van der Waals surface area contributed by atoms with Gasteiger partial charge in [-0.3, -0.25) is 0 Å². The first-order valence-electron chi connectivity index (χ1n) is 7.08. The summed E-state index contributed by atoms with van der Waals surface area (Å²) >= 11 is 3.80. The van der Waals surface area contributed by atoms with Crippen molar-refractivity contribution in [3.8, 4) is 11.5 Å². The van der Waals surface area contributed by atoms with Crippen molar-refractivity contribution >= 4 is 15.9 Å². The van der Waals surface area contributed by atoms with Crippen LogP contribution in [0.5, 0.6) is 11.5 Å². The third-order valence-electron chi connectivity index (χ3n) is 3.77. The predicted octanol–water partition coefficient (Wildman–Crippen LogP) is 4.89. The van der Waals surface area contributed by atoms with E-state index in [1.54, 1.807) is 7.11 Å². The Morgan fingerprint density at radius 2 is 1.90 bits per heavy atom. The van der Waals surface area contributed by atoms with Gasteiger partial charge in [0.25, 0.3) is 0 Å². The second-order valence-electron chi connectivity index (χ2n) is 6.04. The topological polar surface area (TPSA) is 18.5 Å². The maximum atomic E-state index is 5.94. The summed E-state index contributed by atoms with van der Waals surface area (Å²) < 4.78 is 11.2. The van der Waals surface area contributed by atoms with Gasteiger partial charge < -0.3 is 9.47 Å². The SMILES string of the molecule is COc1cccc(C(Br)c2ccc3c(c2)CC(C)(C)O3)c1. The fourth-order valence-corrected chi connectivity index (χ4v) is 3.35. The number of ether oxygens (including phenoxy) is 2. The molecule has 21 heavy (non-hydrogen) atoms. The first kappa shape index (κ1) is 14.5. The van der Waals surface area contributed by atoms with Gasteiger partial charge in [0.05, 0.1) is 11.9 Å². The summed E-state index contributed by atoms with van der Waals surface area (Å²) in [6.45, 7) is 4.25. The van der Waals surface area contributed by atoms with Gasteiger partial charge in [0, 0.05) is 6.42 Å². The minimum atomic E-state index is -0.0985. The summed E-state index contributed by atoms with van der Waals surface area (Å²) in [5, 5.41) is 0. The number of rotatable bonds is 3. The molecule has 0 spiro atoms. The van der Waals surface area contributed by atoms with E-state index in [0.717, 1.165) is 17.9 Å². The van der Waals surface area contributed by atoms with Gasteiger partial charge in [0.15, 0.2) is 0 Å². The van der Waals surface area contributed by atoms with E-state index in [1.807, 2.05) is 12.1 Å². The molecule has 1 unspecified atom stereocenters. The average Bonchev–Trinajstić information content (AvgIpc) is 2.79. The molecule has 0 amide bonds. The van der Waals surface area contributed by atoms with E-state index < -0.39 is 0 Å². The lowest BCUT2D eigenvalue weighted by atomic mass is 9.97. The molecule has 2 aromatic rings. The summed E-state index contributed by atoms with van der Waals surface area (Å²) in [7, 11) is 1.69. The van der Waals surface area contributed by atoms with Crippen LogP contribution in [-0.2, 0) is 6.42 Å². The van der Waals surface area contributed by atoms with Crippen molar-refractivity contribution in [1.29, 1.82) is 0 Å². The Labute approximate surface area is 134 Å². The molecule has 110 valence electrons. The summed E-state index contributed by atoms with van der Waals surface area (Å²) in [6, 6.07) is 14.6. The summed E-state index contributed by atoms with van der Waals surface area (Å²) in [6.07, 6.45) is 0.952. The molecule has 0 bridgehead atoms. The van der Waals surface area contributed by atoms with Gasteiger partial charge in [-0.15, -0.1) is 0 Å². The molecule has 3 heteroatoms. The van der Waals surface area contributed by atoms with Crippen LogP contribution in [0.15, 0.2) is 42.5 Å². The van der Waals surface area contributed by atoms with Gasteiger partial charge in [0.2, 0.25) is 0 Å². The molecule has 1 aliphatic rings. The normalized spacial score (nSPS) is 17.0. The van der Waals surface area contributed by atoms with E-state index in [9.17, 15) is 0 Å². The molecule has 1 aliphatic heterocycles. The van der Waals surface area contributed by atoms with Crippen molar-refractivity contribution in [2.45, 2.75) is 30.7 Å². The fourth-order valence-electron chi connectivity index (χ4n) is 2.78. The van der Waals surface area contributed by atoms with Crippen LogP contribution >= 0.6 is 15.9 Å². The second kappa shape index (κ2) is 5.38. The maximum absolute atomic E-state index is 5.94. The van der Waals surface area contributed by atoms with Crippen LogP contribution in [0.1, 0.15) is 35.4 Å². The highest BCUT2D eigenvalue weighted by Gasteiger charge is 2.30. The zero-order valence-corrected chi connectivity index (χ0v) is 14.1. The Morgan fingerprint density at radius 3 is 2.67 bits per heavy atom. The van der Waals surface area contributed by atoms with Crippen LogP contribution < -0.4 is 9.47 Å². The lowest BCUT2D eigenvalue weighted by Gasteiger charge is -2.16. The summed E-state index contributed by atoms with van der Waals surface area (Å²) in [5.41, 5.74) is 3.61. The summed E-state index contributed by atoms with van der Waals surface area (Å²) in [4.78, 5) is 0.154. The van der Waals surface area contributed by atoms with E-state index in [1.165, 1.54) is 16.7 Å². The lowest BCUT2D eigenvalue weighted by molar-refractivity contribution is 0.138. The highest BCUT2D eigenvalue weighted by atomic mass is 79.9. The number of halogens is 1. The third-order valence-corrected chi connectivity index (χ3v) is 4.82. The van der Waals surface area contributed by atoms with Crippen LogP contribution in [-0.4, -0.2) is 12.7 Å². The van der Waals surface area contributed by atoms with Gasteiger partial charge in [0.1, 0.15) is 17.1 Å². The smallest absolute Gasteiger partial charge is 0.123 e. The second-order valence-corrected chi connectivity index (χ2v) is 6.96. The Balaban J connectivity index is 1.91. The minimum absolute atomic E-state index is 0.0985. The van der Waals surface area contributed by atoms with Crippen LogP contribution in [0.3, 0.4) is 0 Å². The molecule has 1 atom stereocenters. The van der Waals surface area contributed by atoms with Crippen LogP contribution in [0, 0.1) is 0 Å². The van der Waals surface area contributed by atoms with Gasteiger partial charge in [-0.2, -0.15) is 0 Å². The van der Waals surface area contributed by atoms with Crippen molar-refractivity contribution in [2.24, 2.45) is 0 Å². The zero-order chi connectivity index (χ0) is 15.0. The molecule has 0 radical (unpaired) electrons. The molecule has 0 aromatic heterocycles. The van der Waals surface area contributed by atoms with E-state index in [0.29, 0.717) is 0 Å². The van der Waals surface area contributed by atoms with Crippen LogP contribution in [0.25, 0.3) is 0 Å². The monoisotopic (exact) mass is 346 g/mol. The van der Waals surface area contributed by atoms with Gasteiger partial charge in [-0.1, -0.05) is 40.2 Å². The largest absolute Gasteiger partial charge is 0.497 e.